The van der Waals surface area contributed by atoms with E-state index in [4.69, 9.17) is 9.47 Å². The first-order valence-corrected chi connectivity index (χ1v) is 9.01. The quantitative estimate of drug-likeness (QED) is 0.205. The van der Waals surface area contributed by atoms with Crippen molar-refractivity contribution < 1.29 is 24.0 Å². The van der Waals surface area contributed by atoms with Crippen molar-refractivity contribution in [3.8, 4) is 11.5 Å². The molecule has 3 rings (SSSR count). The fourth-order valence-electron chi connectivity index (χ4n) is 2.62. The van der Waals surface area contributed by atoms with Crippen molar-refractivity contribution in [3.63, 3.8) is 0 Å². The van der Waals surface area contributed by atoms with E-state index < -0.39 is 22.5 Å². The molecule has 0 aliphatic heterocycles. The largest absolute Gasteiger partial charge is 0.497 e. The molecule has 31 heavy (non-hydrogen) atoms. The third-order valence-electron chi connectivity index (χ3n) is 4.13. The second-order valence-electron chi connectivity index (χ2n) is 6.14. The molecule has 0 spiro atoms. The molecule has 0 fully saturated rings. The van der Waals surface area contributed by atoms with E-state index in [-0.39, 0.29) is 16.9 Å². The molecule has 0 radical (unpaired) electrons. The van der Waals surface area contributed by atoms with Gasteiger partial charge in [-0.2, -0.15) is 5.10 Å². The average Bonchev–Trinajstić information content (AvgIpc) is 2.80. The second-order valence-corrected chi connectivity index (χ2v) is 6.14. The molecular weight excluding hydrogens is 402 g/mol. The molecule has 1 amide bonds. The zero-order chi connectivity index (χ0) is 22.2. The average molecular weight is 419 g/mol. The Morgan fingerprint density at radius 2 is 1.71 bits per heavy atom. The van der Waals surface area contributed by atoms with Gasteiger partial charge in [-0.1, -0.05) is 30.3 Å². The summed E-state index contributed by atoms with van der Waals surface area (Å²) in [6, 6.07) is 18.7. The topological polar surface area (TPSA) is 120 Å². The lowest BCUT2D eigenvalue weighted by atomic mass is 10.1. The van der Waals surface area contributed by atoms with Crippen LogP contribution in [0.4, 0.5) is 5.69 Å². The van der Waals surface area contributed by atoms with E-state index in [1.54, 1.807) is 42.5 Å². The van der Waals surface area contributed by atoms with E-state index in [2.05, 4.69) is 10.5 Å². The number of nitro benzene ring substituents is 1. The fourth-order valence-corrected chi connectivity index (χ4v) is 2.62. The minimum absolute atomic E-state index is 0.138. The normalized spacial score (nSPS) is 10.5. The summed E-state index contributed by atoms with van der Waals surface area (Å²) in [4.78, 5) is 35.4. The number of nitro groups is 1. The maximum absolute atomic E-state index is 12.6. The van der Waals surface area contributed by atoms with Crippen LogP contribution in [0.15, 0.2) is 77.9 Å². The summed E-state index contributed by atoms with van der Waals surface area (Å²) in [5.41, 5.74) is 2.59. The van der Waals surface area contributed by atoms with Crippen LogP contribution < -0.4 is 14.9 Å². The third-order valence-corrected chi connectivity index (χ3v) is 4.13. The number of ether oxygens (including phenoxy) is 2. The molecule has 1 N–H and O–H groups in total. The number of methoxy groups -OCH3 is 1. The Morgan fingerprint density at radius 3 is 2.42 bits per heavy atom. The summed E-state index contributed by atoms with van der Waals surface area (Å²) in [6.45, 7) is 0. The Bertz CT molecular complexity index is 1140. The van der Waals surface area contributed by atoms with Gasteiger partial charge in [-0.25, -0.2) is 10.2 Å². The van der Waals surface area contributed by atoms with Crippen LogP contribution in [-0.2, 0) is 0 Å². The minimum Gasteiger partial charge on any atom is -0.497 e. The zero-order valence-electron chi connectivity index (χ0n) is 16.3. The smallest absolute Gasteiger partial charge is 0.343 e. The first kappa shape index (κ1) is 21.2. The first-order valence-electron chi connectivity index (χ1n) is 9.01. The summed E-state index contributed by atoms with van der Waals surface area (Å²) < 4.78 is 10.4. The molecule has 0 heterocycles. The number of hydrogen-bond acceptors (Lipinski definition) is 7. The lowest BCUT2D eigenvalue weighted by molar-refractivity contribution is -0.385. The number of hydrogen-bond donors (Lipinski definition) is 1. The van der Waals surface area contributed by atoms with Gasteiger partial charge >= 0.3 is 11.7 Å². The minimum atomic E-state index is -0.809. The second kappa shape index (κ2) is 9.79. The molecule has 0 saturated heterocycles. The summed E-state index contributed by atoms with van der Waals surface area (Å²) in [5.74, 6) is -1.13. The first-order chi connectivity index (χ1) is 15.0. The van der Waals surface area contributed by atoms with Gasteiger partial charge in [0.15, 0.2) is 0 Å². The highest BCUT2D eigenvalue weighted by Gasteiger charge is 2.22. The standard InChI is InChI=1S/C22H17N3O6/c1-30-18-11-5-9-16(13-18)22(27)31-20-17(10-6-12-19(20)25(28)29)14-23-24-21(26)15-7-3-2-4-8-15/h2-14H,1H3,(H,24,26)/b23-14+. The number of esters is 1. The van der Waals surface area contributed by atoms with E-state index in [1.165, 1.54) is 43.7 Å². The zero-order valence-corrected chi connectivity index (χ0v) is 16.3. The number of carbonyl (C=O) groups excluding carboxylic acids is 2. The van der Waals surface area contributed by atoms with Crippen molar-refractivity contribution >= 4 is 23.8 Å². The number of hydrazone groups is 1. The van der Waals surface area contributed by atoms with Crippen LogP contribution in [-0.4, -0.2) is 30.1 Å². The molecule has 3 aromatic carbocycles. The predicted octanol–water partition coefficient (Wildman–Crippen LogP) is 3.59. The molecule has 0 aliphatic carbocycles. The van der Waals surface area contributed by atoms with Crippen molar-refractivity contribution in [1.29, 1.82) is 0 Å². The van der Waals surface area contributed by atoms with E-state index in [0.29, 0.717) is 11.3 Å². The Labute approximate surface area is 177 Å². The fraction of sp³-hybridized carbons (Fsp3) is 0.0455. The van der Waals surface area contributed by atoms with E-state index in [1.807, 2.05) is 0 Å². The van der Waals surface area contributed by atoms with Gasteiger partial charge in [-0.15, -0.1) is 0 Å². The van der Waals surface area contributed by atoms with E-state index >= 15 is 0 Å². The summed E-state index contributed by atoms with van der Waals surface area (Å²) >= 11 is 0. The van der Waals surface area contributed by atoms with Crippen molar-refractivity contribution in [3.05, 3.63) is 99.6 Å². The molecule has 9 nitrogen and oxygen atoms in total. The van der Waals surface area contributed by atoms with Crippen LogP contribution in [0.5, 0.6) is 11.5 Å². The molecule has 0 unspecified atom stereocenters. The molecule has 0 saturated carbocycles. The van der Waals surface area contributed by atoms with Crippen LogP contribution in [0.1, 0.15) is 26.3 Å². The monoisotopic (exact) mass is 419 g/mol. The molecular formula is C22H17N3O6. The number of amides is 1. The number of carbonyl (C=O) groups is 2. The number of nitrogens with zero attached hydrogens (tertiary/aromatic N) is 2. The summed E-state index contributed by atoms with van der Waals surface area (Å²) in [6.07, 6.45) is 1.17. The SMILES string of the molecule is COc1cccc(C(=O)Oc2c(/C=N/NC(=O)c3ccccc3)cccc2[N+](=O)[O-])c1. The summed E-state index contributed by atoms with van der Waals surface area (Å²) in [5, 5.41) is 15.3. The molecule has 3 aromatic rings. The van der Waals surface area contributed by atoms with Crippen molar-refractivity contribution in [1.82, 2.24) is 5.43 Å². The number of para-hydroxylation sites is 1. The number of benzene rings is 3. The van der Waals surface area contributed by atoms with Gasteiger partial charge in [-0.05, 0) is 36.4 Å². The highest BCUT2D eigenvalue weighted by molar-refractivity contribution is 5.96. The summed E-state index contributed by atoms with van der Waals surface area (Å²) in [7, 11) is 1.45. The van der Waals surface area contributed by atoms with Gasteiger partial charge in [-0.3, -0.25) is 14.9 Å². The van der Waals surface area contributed by atoms with Crippen molar-refractivity contribution in [2.24, 2.45) is 5.10 Å². The number of rotatable bonds is 7. The Morgan fingerprint density at radius 1 is 1.00 bits per heavy atom. The highest BCUT2D eigenvalue weighted by Crippen LogP contribution is 2.31. The van der Waals surface area contributed by atoms with Crippen LogP contribution in [0.3, 0.4) is 0 Å². The lowest BCUT2D eigenvalue weighted by Gasteiger charge is -2.09. The van der Waals surface area contributed by atoms with E-state index in [0.717, 1.165) is 0 Å². The molecule has 0 bridgehead atoms. The van der Waals surface area contributed by atoms with Gasteiger partial charge in [0.1, 0.15) is 5.75 Å². The van der Waals surface area contributed by atoms with E-state index in [9.17, 15) is 19.7 Å². The number of nitrogens with one attached hydrogen (secondary N) is 1. The van der Waals surface area contributed by atoms with Gasteiger partial charge in [0.2, 0.25) is 5.75 Å². The molecule has 9 heteroatoms. The van der Waals surface area contributed by atoms with Gasteiger partial charge < -0.3 is 9.47 Å². The van der Waals surface area contributed by atoms with Crippen molar-refractivity contribution in [2.45, 2.75) is 0 Å². The van der Waals surface area contributed by atoms with Crippen molar-refractivity contribution in [2.75, 3.05) is 7.11 Å². The van der Waals surface area contributed by atoms with Crippen LogP contribution in [0.2, 0.25) is 0 Å². The molecule has 0 atom stereocenters. The van der Waals surface area contributed by atoms with Gasteiger partial charge in [0.25, 0.3) is 5.91 Å². The molecule has 156 valence electrons. The van der Waals surface area contributed by atoms with Crippen LogP contribution >= 0.6 is 0 Å². The maximum Gasteiger partial charge on any atom is 0.343 e. The Hall–Kier alpha value is -4.53. The lowest BCUT2D eigenvalue weighted by Crippen LogP contribution is -2.17. The maximum atomic E-state index is 12.6. The third kappa shape index (κ3) is 5.30. The molecule has 0 aromatic heterocycles. The van der Waals surface area contributed by atoms with Gasteiger partial charge in [0.05, 0.1) is 23.8 Å². The predicted molar refractivity (Wildman–Crippen MR) is 113 cm³/mol. The van der Waals surface area contributed by atoms with Crippen LogP contribution in [0, 0.1) is 10.1 Å². The Kier molecular flexibility index (Phi) is 6.69. The Balaban J connectivity index is 1.86. The molecule has 0 aliphatic rings. The highest BCUT2D eigenvalue weighted by atomic mass is 16.6. The van der Waals surface area contributed by atoms with Crippen LogP contribution in [0.25, 0.3) is 0 Å². The van der Waals surface area contributed by atoms with Gasteiger partial charge in [0, 0.05) is 17.2 Å².